The quantitative estimate of drug-likeness (QED) is 0.575. The summed E-state index contributed by atoms with van der Waals surface area (Å²) in [6, 6.07) is 1.79. The second-order valence-electron chi connectivity index (χ2n) is 2.40. The van der Waals surface area contributed by atoms with E-state index in [1.165, 1.54) is 6.21 Å². The number of anilines is 1. The Morgan fingerprint density at radius 2 is 2.46 bits per heavy atom. The summed E-state index contributed by atoms with van der Waals surface area (Å²) in [6.07, 6.45) is 4.06. The molecule has 0 aliphatic carbocycles. The van der Waals surface area contributed by atoms with Crippen molar-refractivity contribution in [2.45, 2.75) is 6.92 Å². The molecule has 0 saturated heterocycles. The van der Waals surface area contributed by atoms with E-state index in [0.717, 1.165) is 11.8 Å². The third-order valence-electron chi connectivity index (χ3n) is 1.30. The largest absolute Gasteiger partial charge is 0.307 e. The van der Waals surface area contributed by atoms with Gasteiger partial charge in [-0.15, -0.1) is 0 Å². The van der Waals surface area contributed by atoms with Gasteiger partial charge in [-0.2, -0.15) is 5.10 Å². The summed E-state index contributed by atoms with van der Waals surface area (Å²) in [5.74, 6) is 0.491. The third-order valence-corrected chi connectivity index (χ3v) is 1.59. The number of rotatable bonds is 3. The van der Waals surface area contributed by atoms with Crippen LogP contribution in [0.3, 0.4) is 0 Å². The van der Waals surface area contributed by atoms with Crippen LogP contribution in [0.5, 0.6) is 0 Å². The Bertz CT molecular complexity index is 335. The number of aryl methyl sites for hydroxylation is 1. The van der Waals surface area contributed by atoms with Gasteiger partial charge in [0.05, 0.1) is 11.2 Å². The molecule has 68 valence electrons. The van der Waals surface area contributed by atoms with Crippen LogP contribution < -0.4 is 5.43 Å². The van der Waals surface area contributed by atoms with Gasteiger partial charge in [-0.25, -0.2) is 4.98 Å². The zero-order chi connectivity index (χ0) is 9.68. The van der Waals surface area contributed by atoms with Crippen molar-refractivity contribution in [1.82, 2.24) is 4.98 Å². The summed E-state index contributed by atoms with van der Waals surface area (Å²) in [5.41, 5.74) is 3.61. The summed E-state index contributed by atoms with van der Waals surface area (Å²) in [5, 5.41) is 10.9. The van der Waals surface area contributed by atoms with Crippen LogP contribution in [0.2, 0.25) is 5.02 Å². The van der Waals surface area contributed by atoms with E-state index in [-0.39, 0.29) is 0 Å². The van der Waals surface area contributed by atoms with Gasteiger partial charge < -0.3 is 5.41 Å². The summed E-state index contributed by atoms with van der Waals surface area (Å²) in [7, 11) is 0. The zero-order valence-electron chi connectivity index (χ0n) is 7.08. The van der Waals surface area contributed by atoms with Gasteiger partial charge in [0.15, 0.2) is 5.82 Å². The molecule has 2 N–H and O–H groups in total. The highest BCUT2D eigenvalue weighted by Gasteiger charge is 1.98. The van der Waals surface area contributed by atoms with E-state index >= 15 is 0 Å². The van der Waals surface area contributed by atoms with Crippen molar-refractivity contribution >= 4 is 29.8 Å². The molecule has 13 heavy (non-hydrogen) atoms. The van der Waals surface area contributed by atoms with E-state index < -0.39 is 0 Å². The summed E-state index contributed by atoms with van der Waals surface area (Å²) < 4.78 is 0. The summed E-state index contributed by atoms with van der Waals surface area (Å²) in [4.78, 5) is 4.02. The number of pyridine rings is 1. The van der Waals surface area contributed by atoms with Crippen LogP contribution in [-0.2, 0) is 0 Å². The molecule has 0 amide bonds. The predicted molar refractivity (Wildman–Crippen MR) is 54.9 cm³/mol. The van der Waals surface area contributed by atoms with Gasteiger partial charge >= 0.3 is 0 Å². The van der Waals surface area contributed by atoms with Gasteiger partial charge in [-0.1, -0.05) is 11.6 Å². The van der Waals surface area contributed by atoms with Crippen LogP contribution >= 0.6 is 11.6 Å². The Morgan fingerprint density at radius 1 is 1.69 bits per heavy atom. The monoisotopic (exact) mass is 196 g/mol. The first-order valence-electron chi connectivity index (χ1n) is 3.64. The van der Waals surface area contributed by atoms with Gasteiger partial charge in [0, 0.05) is 12.4 Å². The Balaban J connectivity index is 2.77. The van der Waals surface area contributed by atoms with Gasteiger partial charge in [-0.05, 0) is 18.6 Å². The fraction of sp³-hybridized carbons (Fsp3) is 0.125. The van der Waals surface area contributed by atoms with Gasteiger partial charge in [0.2, 0.25) is 0 Å². The maximum atomic E-state index is 6.69. The Labute approximate surface area is 81.1 Å². The molecule has 0 saturated carbocycles. The maximum absolute atomic E-state index is 6.69. The van der Waals surface area contributed by atoms with E-state index in [4.69, 9.17) is 17.0 Å². The zero-order valence-corrected chi connectivity index (χ0v) is 7.84. The first kappa shape index (κ1) is 9.67. The summed E-state index contributed by atoms with van der Waals surface area (Å²) >= 11 is 5.85. The van der Waals surface area contributed by atoms with Crippen molar-refractivity contribution in [1.29, 1.82) is 5.41 Å². The smallest absolute Gasteiger partial charge is 0.165 e. The number of hydrogen-bond donors (Lipinski definition) is 2. The number of halogens is 1. The number of hydrogen-bond acceptors (Lipinski definition) is 4. The molecule has 0 atom stereocenters. The molecule has 1 aromatic heterocycles. The van der Waals surface area contributed by atoms with E-state index in [1.807, 2.05) is 6.92 Å². The normalized spacial score (nSPS) is 10.3. The first-order valence-corrected chi connectivity index (χ1v) is 4.02. The van der Waals surface area contributed by atoms with Crippen molar-refractivity contribution in [3.8, 4) is 0 Å². The van der Waals surface area contributed by atoms with E-state index in [9.17, 15) is 0 Å². The molecule has 0 unspecified atom stereocenters. The minimum Gasteiger partial charge on any atom is -0.307 e. The van der Waals surface area contributed by atoms with Crippen LogP contribution in [-0.4, -0.2) is 17.4 Å². The highest BCUT2D eigenvalue weighted by molar-refractivity contribution is 6.33. The Kier molecular flexibility index (Phi) is 3.40. The molecule has 1 aromatic rings. The van der Waals surface area contributed by atoms with Crippen molar-refractivity contribution in [2.24, 2.45) is 5.10 Å². The van der Waals surface area contributed by atoms with Crippen LogP contribution in [0.1, 0.15) is 5.56 Å². The fourth-order valence-corrected chi connectivity index (χ4v) is 1.01. The van der Waals surface area contributed by atoms with Crippen molar-refractivity contribution < 1.29 is 0 Å². The number of nitrogens with one attached hydrogen (secondary N) is 2. The highest BCUT2D eigenvalue weighted by atomic mass is 35.5. The lowest BCUT2D eigenvalue weighted by atomic mass is 10.3. The topological polar surface area (TPSA) is 61.1 Å². The van der Waals surface area contributed by atoms with Crippen molar-refractivity contribution in [3.05, 3.63) is 22.8 Å². The molecule has 0 bridgehead atoms. The second-order valence-corrected chi connectivity index (χ2v) is 2.81. The second kappa shape index (κ2) is 4.57. The molecule has 0 spiro atoms. The van der Waals surface area contributed by atoms with E-state index in [2.05, 4.69) is 15.5 Å². The lowest BCUT2D eigenvalue weighted by Crippen LogP contribution is -1.94. The lowest BCUT2D eigenvalue weighted by molar-refractivity contribution is 1.21. The Hall–Kier alpha value is -1.42. The Morgan fingerprint density at radius 3 is 3.08 bits per heavy atom. The first-order chi connectivity index (χ1) is 6.24. The minimum absolute atomic E-state index is 0.491. The fourth-order valence-electron chi connectivity index (χ4n) is 0.751. The van der Waals surface area contributed by atoms with Crippen LogP contribution in [0, 0.1) is 12.3 Å². The van der Waals surface area contributed by atoms with Gasteiger partial charge in [0.1, 0.15) is 0 Å². The average molecular weight is 197 g/mol. The SMILES string of the molecule is Cc1cnc(N/N=C\C=N)c(Cl)c1. The number of aromatic nitrogens is 1. The van der Waals surface area contributed by atoms with Crippen molar-refractivity contribution in [2.75, 3.05) is 5.43 Å². The minimum atomic E-state index is 0.491. The van der Waals surface area contributed by atoms with Crippen LogP contribution in [0.25, 0.3) is 0 Å². The molecular weight excluding hydrogens is 188 g/mol. The lowest BCUT2D eigenvalue weighted by Gasteiger charge is -2.01. The number of nitrogens with zero attached hydrogens (tertiary/aromatic N) is 2. The van der Waals surface area contributed by atoms with E-state index in [0.29, 0.717) is 10.8 Å². The van der Waals surface area contributed by atoms with Crippen LogP contribution in [0.15, 0.2) is 17.4 Å². The van der Waals surface area contributed by atoms with Gasteiger partial charge in [0.25, 0.3) is 0 Å². The average Bonchev–Trinajstić information content (AvgIpc) is 2.09. The molecule has 1 rings (SSSR count). The molecular formula is C8H9ClN4. The molecule has 0 fully saturated rings. The highest BCUT2D eigenvalue weighted by Crippen LogP contribution is 2.19. The molecule has 4 nitrogen and oxygen atoms in total. The van der Waals surface area contributed by atoms with Crippen LogP contribution in [0.4, 0.5) is 5.82 Å². The van der Waals surface area contributed by atoms with E-state index in [1.54, 1.807) is 12.3 Å². The van der Waals surface area contributed by atoms with Gasteiger partial charge in [-0.3, -0.25) is 5.43 Å². The maximum Gasteiger partial charge on any atom is 0.165 e. The molecule has 0 radical (unpaired) electrons. The summed E-state index contributed by atoms with van der Waals surface area (Å²) in [6.45, 7) is 1.91. The standard InChI is InChI=1S/C8H9ClN4/c1-6-4-7(9)8(11-5-6)13-12-3-2-10/h2-5,10H,1H3,(H,11,13)/b10-2?,12-3-. The van der Waals surface area contributed by atoms with Crippen molar-refractivity contribution in [3.63, 3.8) is 0 Å². The molecule has 1 heterocycles. The third kappa shape index (κ3) is 2.83. The molecule has 0 aromatic carbocycles. The molecule has 5 heteroatoms. The number of hydrazone groups is 1. The predicted octanol–water partition coefficient (Wildman–Crippen LogP) is 2.09. The molecule has 0 aliphatic rings. The molecule has 0 aliphatic heterocycles.